The van der Waals surface area contributed by atoms with E-state index in [1.54, 1.807) is 0 Å². The number of benzene rings is 1. The zero-order valence-corrected chi connectivity index (χ0v) is 10.8. The van der Waals surface area contributed by atoms with E-state index >= 15 is 0 Å². The molecule has 0 aliphatic heterocycles. The molecule has 0 saturated heterocycles. The van der Waals surface area contributed by atoms with Crippen LogP contribution in [0.15, 0.2) is 24.3 Å². The fraction of sp³-hybridized carbons (Fsp3) is 0.571. The molecule has 1 aliphatic carbocycles. The van der Waals surface area contributed by atoms with E-state index in [1.165, 1.54) is 18.4 Å². The predicted molar refractivity (Wildman–Crippen MR) is 69.6 cm³/mol. The second-order valence-corrected chi connectivity index (χ2v) is 5.47. The van der Waals surface area contributed by atoms with E-state index in [0.29, 0.717) is 6.04 Å². The van der Waals surface area contributed by atoms with Crippen LogP contribution in [0.25, 0.3) is 0 Å². The SMILES string of the molecule is CC1CCC(NCc2cccc(Cl)c2)C1C. The highest BCUT2D eigenvalue weighted by Gasteiger charge is 2.28. The van der Waals surface area contributed by atoms with Gasteiger partial charge in [-0.2, -0.15) is 0 Å². The van der Waals surface area contributed by atoms with Gasteiger partial charge in [-0.25, -0.2) is 0 Å². The standard InChI is InChI=1S/C14H20ClN/c1-10-6-7-14(11(10)2)16-9-12-4-3-5-13(15)8-12/h3-5,8,10-11,14,16H,6-7,9H2,1-2H3. The smallest absolute Gasteiger partial charge is 0.0409 e. The summed E-state index contributed by atoms with van der Waals surface area (Å²) in [6.07, 6.45) is 2.66. The number of halogens is 1. The molecule has 16 heavy (non-hydrogen) atoms. The number of hydrogen-bond acceptors (Lipinski definition) is 1. The normalized spacial score (nSPS) is 29.6. The quantitative estimate of drug-likeness (QED) is 0.842. The van der Waals surface area contributed by atoms with Crippen molar-refractivity contribution in [1.82, 2.24) is 5.32 Å². The van der Waals surface area contributed by atoms with Crippen LogP contribution < -0.4 is 5.32 Å². The molecule has 3 unspecified atom stereocenters. The first kappa shape index (κ1) is 11.9. The molecule has 0 heterocycles. The van der Waals surface area contributed by atoms with Gasteiger partial charge in [0.15, 0.2) is 0 Å². The molecule has 0 amide bonds. The maximum atomic E-state index is 5.96. The van der Waals surface area contributed by atoms with Gasteiger partial charge in [-0.15, -0.1) is 0 Å². The van der Waals surface area contributed by atoms with Gasteiger partial charge in [0, 0.05) is 17.6 Å². The third-order valence-electron chi connectivity index (χ3n) is 3.92. The molecule has 1 N–H and O–H groups in total. The minimum absolute atomic E-state index is 0.675. The van der Waals surface area contributed by atoms with Crippen LogP contribution in [0.1, 0.15) is 32.3 Å². The van der Waals surface area contributed by atoms with Gasteiger partial charge in [0.2, 0.25) is 0 Å². The average Bonchev–Trinajstić information content (AvgIpc) is 2.57. The van der Waals surface area contributed by atoms with Crippen LogP contribution in [-0.2, 0) is 6.54 Å². The number of nitrogens with one attached hydrogen (secondary N) is 1. The van der Waals surface area contributed by atoms with Crippen LogP contribution >= 0.6 is 11.6 Å². The van der Waals surface area contributed by atoms with Gasteiger partial charge >= 0.3 is 0 Å². The van der Waals surface area contributed by atoms with E-state index in [1.807, 2.05) is 18.2 Å². The Labute approximate surface area is 103 Å². The Morgan fingerprint density at radius 2 is 2.12 bits per heavy atom. The Morgan fingerprint density at radius 3 is 2.75 bits per heavy atom. The lowest BCUT2D eigenvalue weighted by Gasteiger charge is -2.19. The molecule has 1 saturated carbocycles. The summed E-state index contributed by atoms with van der Waals surface area (Å²) in [4.78, 5) is 0. The summed E-state index contributed by atoms with van der Waals surface area (Å²) in [5.74, 6) is 1.65. The summed E-state index contributed by atoms with van der Waals surface area (Å²) in [6, 6.07) is 8.78. The van der Waals surface area contributed by atoms with Gasteiger partial charge in [0.25, 0.3) is 0 Å². The maximum absolute atomic E-state index is 5.96. The summed E-state index contributed by atoms with van der Waals surface area (Å²) >= 11 is 5.96. The first-order valence-corrected chi connectivity index (χ1v) is 6.52. The monoisotopic (exact) mass is 237 g/mol. The topological polar surface area (TPSA) is 12.0 Å². The maximum Gasteiger partial charge on any atom is 0.0409 e. The van der Waals surface area contributed by atoms with E-state index < -0.39 is 0 Å². The molecule has 2 rings (SSSR count). The molecule has 88 valence electrons. The minimum Gasteiger partial charge on any atom is -0.310 e. The molecule has 1 aromatic rings. The third-order valence-corrected chi connectivity index (χ3v) is 4.16. The average molecular weight is 238 g/mol. The van der Waals surface area contributed by atoms with Crippen LogP contribution in [-0.4, -0.2) is 6.04 Å². The molecule has 0 spiro atoms. The Balaban J connectivity index is 1.88. The molecule has 1 fully saturated rings. The predicted octanol–water partition coefficient (Wildman–Crippen LogP) is 3.86. The van der Waals surface area contributed by atoms with E-state index in [9.17, 15) is 0 Å². The Kier molecular flexibility index (Phi) is 3.88. The van der Waals surface area contributed by atoms with E-state index in [4.69, 9.17) is 11.6 Å². The van der Waals surface area contributed by atoms with Crippen LogP contribution in [0, 0.1) is 11.8 Å². The Hall–Kier alpha value is -0.530. The van der Waals surface area contributed by atoms with Gasteiger partial charge in [-0.1, -0.05) is 37.6 Å². The van der Waals surface area contributed by atoms with Crippen molar-refractivity contribution in [2.24, 2.45) is 11.8 Å². The molecule has 0 radical (unpaired) electrons. The fourth-order valence-electron chi connectivity index (χ4n) is 2.55. The Morgan fingerprint density at radius 1 is 1.31 bits per heavy atom. The summed E-state index contributed by atoms with van der Waals surface area (Å²) in [5, 5.41) is 4.47. The second-order valence-electron chi connectivity index (χ2n) is 5.03. The minimum atomic E-state index is 0.675. The number of hydrogen-bond donors (Lipinski definition) is 1. The van der Waals surface area contributed by atoms with Crippen molar-refractivity contribution in [3.8, 4) is 0 Å². The van der Waals surface area contributed by atoms with E-state index in [0.717, 1.165) is 23.4 Å². The number of rotatable bonds is 3. The van der Waals surface area contributed by atoms with E-state index in [2.05, 4.69) is 25.2 Å². The molecule has 1 nitrogen and oxygen atoms in total. The first-order valence-electron chi connectivity index (χ1n) is 6.14. The van der Waals surface area contributed by atoms with Crippen LogP contribution in [0.3, 0.4) is 0 Å². The van der Waals surface area contributed by atoms with Crippen LogP contribution in [0.5, 0.6) is 0 Å². The zero-order valence-electron chi connectivity index (χ0n) is 10.0. The van der Waals surface area contributed by atoms with Crippen molar-refractivity contribution in [3.05, 3.63) is 34.9 Å². The third kappa shape index (κ3) is 2.78. The Bertz CT molecular complexity index is 350. The van der Waals surface area contributed by atoms with Gasteiger partial charge in [-0.3, -0.25) is 0 Å². The van der Waals surface area contributed by atoms with Crippen molar-refractivity contribution >= 4 is 11.6 Å². The van der Waals surface area contributed by atoms with Crippen LogP contribution in [0.4, 0.5) is 0 Å². The van der Waals surface area contributed by atoms with Crippen molar-refractivity contribution in [2.75, 3.05) is 0 Å². The van der Waals surface area contributed by atoms with Gasteiger partial charge < -0.3 is 5.32 Å². The lowest BCUT2D eigenvalue weighted by atomic mass is 9.98. The van der Waals surface area contributed by atoms with Crippen molar-refractivity contribution in [2.45, 2.75) is 39.3 Å². The van der Waals surface area contributed by atoms with Crippen molar-refractivity contribution < 1.29 is 0 Å². The van der Waals surface area contributed by atoms with Gasteiger partial charge in [0.1, 0.15) is 0 Å². The molecule has 2 heteroatoms. The molecule has 1 aromatic carbocycles. The van der Waals surface area contributed by atoms with Crippen LogP contribution in [0.2, 0.25) is 5.02 Å². The zero-order chi connectivity index (χ0) is 11.5. The molecule has 3 atom stereocenters. The van der Waals surface area contributed by atoms with Crippen molar-refractivity contribution in [3.63, 3.8) is 0 Å². The second kappa shape index (κ2) is 5.20. The lowest BCUT2D eigenvalue weighted by molar-refractivity contribution is 0.370. The van der Waals surface area contributed by atoms with Gasteiger partial charge in [0.05, 0.1) is 0 Å². The molecule has 0 bridgehead atoms. The summed E-state index contributed by atoms with van der Waals surface area (Å²) in [5.41, 5.74) is 1.28. The highest BCUT2D eigenvalue weighted by molar-refractivity contribution is 6.30. The molecular weight excluding hydrogens is 218 g/mol. The highest BCUT2D eigenvalue weighted by Crippen LogP contribution is 2.31. The summed E-state index contributed by atoms with van der Waals surface area (Å²) < 4.78 is 0. The molecule has 0 aromatic heterocycles. The molecule has 1 aliphatic rings. The summed E-state index contributed by atoms with van der Waals surface area (Å²) in [6.45, 7) is 5.64. The first-order chi connectivity index (χ1) is 7.66. The fourth-order valence-corrected chi connectivity index (χ4v) is 2.76. The van der Waals surface area contributed by atoms with E-state index in [-0.39, 0.29) is 0 Å². The molecular formula is C14H20ClN. The van der Waals surface area contributed by atoms with Gasteiger partial charge in [-0.05, 0) is 42.4 Å². The highest BCUT2D eigenvalue weighted by atomic mass is 35.5. The largest absolute Gasteiger partial charge is 0.310 e. The summed E-state index contributed by atoms with van der Waals surface area (Å²) in [7, 11) is 0. The lowest BCUT2D eigenvalue weighted by Crippen LogP contribution is -2.31. The van der Waals surface area contributed by atoms with Crippen molar-refractivity contribution in [1.29, 1.82) is 0 Å².